The van der Waals surface area contributed by atoms with Gasteiger partial charge in [0.25, 0.3) is 5.91 Å². The number of benzene rings is 1. The first-order chi connectivity index (χ1) is 11.1. The summed E-state index contributed by atoms with van der Waals surface area (Å²) in [5.41, 5.74) is 1.73. The number of rotatable bonds is 4. The van der Waals surface area contributed by atoms with Crippen molar-refractivity contribution in [2.24, 2.45) is 13.0 Å². The molecule has 0 aliphatic carbocycles. The fourth-order valence-electron chi connectivity index (χ4n) is 3.21. The highest BCUT2D eigenvalue weighted by Crippen LogP contribution is 2.21. The number of carbonyl (C=O) groups is 2. The maximum Gasteiger partial charge on any atom is 0.270 e. The Hall–Kier alpha value is -2.36. The SMILES string of the molecule is Cn1cccc1C(=O)N1CCC[C@H](C(=O)Cc2ccccc2)C1. The first kappa shape index (κ1) is 15.5. The first-order valence-electron chi connectivity index (χ1n) is 8.12. The van der Waals surface area contributed by atoms with Gasteiger partial charge in [-0.05, 0) is 30.5 Å². The molecule has 1 aromatic heterocycles. The molecule has 23 heavy (non-hydrogen) atoms. The molecule has 0 radical (unpaired) electrons. The second kappa shape index (κ2) is 6.82. The van der Waals surface area contributed by atoms with Crippen molar-refractivity contribution in [1.82, 2.24) is 9.47 Å². The predicted molar refractivity (Wildman–Crippen MR) is 89.2 cm³/mol. The Morgan fingerprint density at radius 2 is 1.91 bits per heavy atom. The largest absolute Gasteiger partial charge is 0.347 e. The highest BCUT2D eigenvalue weighted by Gasteiger charge is 2.29. The number of amides is 1. The molecule has 120 valence electrons. The molecule has 2 heterocycles. The highest BCUT2D eigenvalue weighted by atomic mass is 16.2. The van der Waals surface area contributed by atoms with Gasteiger partial charge in [0.2, 0.25) is 0 Å². The van der Waals surface area contributed by atoms with Crippen LogP contribution in [-0.2, 0) is 18.3 Å². The summed E-state index contributed by atoms with van der Waals surface area (Å²) in [6.07, 6.45) is 4.09. The number of aryl methyl sites for hydroxylation is 1. The van der Waals surface area contributed by atoms with Gasteiger partial charge in [-0.15, -0.1) is 0 Å². The van der Waals surface area contributed by atoms with Gasteiger partial charge >= 0.3 is 0 Å². The molecule has 0 saturated carbocycles. The van der Waals surface area contributed by atoms with Crippen LogP contribution < -0.4 is 0 Å². The zero-order valence-corrected chi connectivity index (χ0v) is 13.4. The zero-order chi connectivity index (χ0) is 16.2. The molecule has 0 spiro atoms. The Kier molecular flexibility index (Phi) is 4.60. The van der Waals surface area contributed by atoms with Crippen molar-refractivity contribution in [1.29, 1.82) is 0 Å². The van der Waals surface area contributed by atoms with Crippen LogP contribution in [0.15, 0.2) is 48.7 Å². The molecule has 1 aliphatic heterocycles. The average Bonchev–Trinajstić information content (AvgIpc) is 3.01. The smallest absolute Gasteiger partial charge is 0.270 e. The minimum absolute atomic E-state index is 0.0229. The summed E-state index contributed by atoms with van der Waals surface area (Å²) in [5.74, 6) is 0.212. The summed E-state index contributed by atoms with van der Waals surface area (Å²) in [6, 6.07) is 13.5. The minimum Gasteiger partial charge on any atom is -0.347 e. The Labute approximate surface area is 136 Å². The molecule has 2 aromatic rings. The van der Waals surface area contributed by atoms with E-state index >= 15 is 0 Å². The van der Waals surface area contributed by atoms with Crippen LogP contribution in [0.2, 0.25) is 0 Å². The predicted octanol–water partition coefficient (Wildman–Crippen LogP) is 2.69. The van der Waals surface area contributed by atoms with E-state index in [2.05, 4.69) is 0 Å². The number of nitrogens with zero attached hydrogens (tertiary/aromatic N) is 2. The first-order valence-corrected chi connectivity index (χ1v) is 8.12. The standard InChI is InChI=1S/C19H22N2O2/c1-20-11-6-10-17(20)19(23)21-12-5-9-16(14-21)18(22)13-15-7-3-2-4-8-15/h2-4,6-8,10-11,16H,5,9,12-14H2,1H3/t16-/m0/s1. The van der Waals surface area contributed by atoms with Gasteiger partial charge < -0.3 is 9.47 Å². The van der Waals surface area contributed by atoms with Gasteiger partial charge in [0, 0.05) is 38.7 Å². The third kappa shape index (κ3) is 3.52. The molecule has 1 atom stereocenters. The van der Waals surface area contributed by atoms with Crippen molar-refractivity contribution in [3.05, 3.63) is 59.9 Å². The highest BCUT2D eigenvalue weighted by molar-refractivity contribution is 5.93. The van der Waals surface area contributed by atoms with E-state index in [1.165, 1.54) is 0 Å². The number of piperidine rings is 1. The number of hydrogen-bond acceptors (Lipinski definition) is 2. The van der Waals surface area contributed by atoms with Gasteiger partial charge in [-0.25, -0.2) is 0 Å². The molecular weight excluding hydrogens is 288 g/mol. The normalized spacial score (nSPS) is 18.0. The fourth-order valence-corrected chi connectivity index (χ4v) is 3.21. The van der Waals surface area contributed by atoms with Crippen molar-refractivity contribution in [3.63, 3.8) is 0 Å². The number of aromatic nitrogens is 1. The lowest BCUT2D eigenvalue weighted by atomic mass is 9.90. The third-order valence-corrected chi connectivity index (χ3v) is 4.55. The summed E-state index contributed by atoms with van der Waals surface area (Å²) < 4.78 is 1.83. The van der Waals surface area contributed by atoms with Gasteiger partial charge in [0.1, 0.15) is 11.5 Å². The molecular formula is C19H22N2O2. The molecule has 0 unspecified atom stereocenters. The molecule has 1 aromatic carbocycles. The lowest BCUT2D eigenvalue weighted by molar-refractivity contribution is -0.123. The van der Waals surface area contributed by atoms with E-state index in [0.29, 0.717) is 18.7 Å². The van der Waals surface area contributed by atoms with Crippen LogP contribution in [0, 0.1) is 5.92 Å². The number of ketones is 1. The van der Waals surface area contributed by atoms with Crippen LogP contribution in [0.1, 0.15) is 28.9 Å². The summed E-state index contributed by atoms with van der Waals surface area (Å²) >= 11 is 0. The van der Waals surface area contributed by atoms with Crippen molar-refractivity contribution < 1.29 is 9.59 Å². The molecule has 3 rings (SSSR count). The van der Waals surface area contributed by atoms with Crippen LogP contribution >= 0.6 is 0 Å². The number of Topliss-reactive ketones (excluding diaryl/α,β-unsaturated/α-hetero) is 1. The molecule has 1 saturated heterocycles. The summed E-state index contributed by atoms with van der Waals surface area (Å²) in [4.78, 5) is 27.0. The van der Waals surface area contributed by atoms with Gasteiger partial charge in [0.05, 0.1) is 0 Å². The lowest BCUT2D eigenvalue weighted by Crippen LogP contribution is -2.43. The molecule has 0 N–H and O–H groups in total. The van der Waals surface area contributed by atoms with E-state index in [1.54, 1.807) is 0 Å². The number of hydrogen-bond donors (Lipinski definition) is 0. The van der Waals surface area contributed by atoms with E-state index in [-0.39, 0.29) is 17.6 Å². The van der Waals surface area contributed by atoms with Crippen LogP contribution in [0.3, 0.4) is 0 Å². The molecule has 0 bridgehead atoms. The molecule has 1 amide bonds. The van der Waals surface area contributed by atoms with E-state index in [4.69, 9.17) is 0 Å². The molecule has 1 aliphatic rings. The Morgan fingerprint density at radius 1 is 1.13 bits per heavy atom. The summed E-state index contributed by atoms with van der Waals surface area (Å²) in [7, 11) is 1.87. The van der Waals surface area contributed by atoms with Crippen molar-refractivity contribution >= 4 is 11.7 Å². The topological polar surface area (TPSA) is 42.3 Å². The van der Waals surface area contributed by atoms with Gasteiger partial charge in [0.15, 0.2) is 0 Å². The molecule has 4 nitrogen and oxygen atoms in total. The quantitative estimate of drug-likeness (QED) is 0.871. The van der Waals surface area contributed by atoms with Crippen LogP contribution in [0.25, 0.3) is 0 Å². The second-order valence-corrected chi connectivity index (χ2v) is 6.22. The van der Waals surface area contributed by atoms with Crippen LogP contribution in [-0.4, -0.2) is 34.2 Å². The average molecular weight is 310 g/mol. The molecule has 4 heteroatoms. The van der Waals surface area contributed by atoms with E-state index in [9.17, 15) is 9.59 Å². The van der Waals surface area contributed by atoms with Gasteiger partial charge in [-0.1, -0.05) is 30.3 Å². The Balaban J connectivity index is 1.65. The van der Waals surface area contributed by atoms with Gasteiger partial charge in [-0.2, -0.15) is 0 Å². The van der Waals surface area contributed by atoms with Crippen molar-refractivity contribution in [2.45, 2.75) is 19.3 Å². The van der Waals surface area contributed by atoms with Crippen LogP contribution in [0.5, 0.6) is 0 Å². The maximum atomic E-state index is 12.6. The van der Waals surface area contributed by atoms with Crippen LogP contribution in [0.4, 0.5) is 0 Å². The van der Waals surface area contributed by atoms with E-state index in [1.807, 2.05) is 65.2 Å². The summed E-state index contributed by atoms with van der Waals surface area (Å²) in [6.45, 7) is 1.27. The second-order valence-electron chi connectivity index (χ2n) is 6.22. The van der Waals surface area contributed by atoms with Crippen molar-refractivity contribution in [3.8, 4) is 0 Å². The van der Waals surface area contributed by atoms with E-state index < -0.39 is 0 Å². The lowest BCUT2D eigenvalue weighted by Gasteiger charge is -2.32. The fraction of sp³-hybridized carbons (Fsp3) is 0.368. The number of likely N-dealkylation sites (tertiary alicyclic amines) is 1. The Morgan fingerprint density at radius 3 is 2.61 bits per heavy atom. The summed E-state index contributed by atoms with van der Waals surface area (Å²) in [5, 5.41) is 0. The van der Waals surface area contributed by atoms with E-state index in [0.717, 1.165) is 24.9 Å². The zero-order valence-electron chi connectivity index (χ0n) is 13.4. The molecule has 1 fully saturated rings. The minimum atomic E-state index is -0.0480. The number of carbonyl (C=O) groups excluding carboxylic acids is 2. The monoisotopic (exact) mass is 310 g/mol. The Bertz CT molecular complexity index is 690. The van der Waals surface area contributed by atoms with Crippen molar-refractivity contribution in [2.75, 3.05) is 13.1 Å². The maximum absolute atomic E-state index is 12.6. The third-order valence-electron chi connectivity index (χ3n) is 4.55. The van der Waals surface area contributed by atoms with Gasteiger partial charge in [-0.3, -0.25) is 9.59 Å².